The van der Waals surface area contributed by atoms with E-state index in [0.717, 1.165) is 0 Å². The van der Waals surface area contributed by atoms with Crippen LogP contribution in [0.2, 0.25) is 0 Å². The number of nitrogens with zero attached hydrogens (tertiary/aromatic N) is 2. The Morgan fingerprint density at radius 2 is 2.10 bits per heavy atom. The van der Waals surface area contributed by atoms with Crippen LogP contribution in [0.15, 0.2) is 36.5 Å². The van der Waals surface area contributed by atoms with Gasteiger partial charge in [-0.3, -0.25) is 4.68 Å². The fraction of sp³-hybridized carbons (Fsp3) is 0.308. The maximum Gasteiger partial charge on any atom is 0.215 e. The molecule has 0 unspecified atom stereocenters. The molecule has 3 N–H and O–H groups in total. The van der Waals surface area contributed by atoms with Crippen LogP contribution in [-0.4, -0.2) is 30.6 Å². The smallest absolute Gasteiger partial charge is 0.215 e. The van der Waals surface area contributed by atoms with Crippen molar-refractivity contribution in [1.82, 2.24) is 14.5 Å². The van der Waals surface area contributed by atoms with E-state index in [9.17, 15) is 8.42 Å². The highest BCUT2D eigenvalue weighted by molar-refractivity contribution is 7.89. The number of ether oxygens (including phenoxy) is 1. The van der Waals surface area contributed by atoms with E-state index in [4.69, 9.17) is 10.5 Å². The molecule has 0 aliphatic heterocycles. The highest BCUT2D eigenvalue weighted by Crippen LogP contribution is 2.19. The molecule has 0 saturated carbocycles. The zero-order valence-electron chi connectivity index (χ0n) is 11.7. The van der Waals surface area contributed by atoms with Crippen LogP contribution >= 0.6 is 0 Å². The first-order valence-electron chi connectivity index (χ1n) is 6.39. The highest BCUT2D eigenvalue weighted by Gasteiger charge is 2.11. The second-order valence-electron chi connectivity index (χ2n) is 4.51. The Kier molecular flexibility index (Phi) is 4.81. The number of rotatable bonds is 7. The number of hydrogen-bond donors (Lipinski definition) is 2. The van der Waals surface area contributed by atoms with Crippen molar-refractivity contribution in [2.75, 3.05) is 18.1 Å². The zero-order chi connectivity index (χ0) is 15.3. The summed E-state index contributed by atoms with van der Waals surface area (Å²) in [6.45, 7) is 0.197. The van der Waals surface area contributed by atoms with E-state index in [-0.39, 0.29) is 18.9 Å². The lowest BCUT2D eigenvalue weighted by Gasteiger charge is -2.09. The van der Waals surface area contributed by atoms with Crippen molar-refractivity contribution in [3.05, 3.63) is 42.2 Å². The Labute approximate surface area is 123 Å². The molecule has 7 nitrogen and oxygen atoms in total. The third-order valence-corrected chi connectivity index (χ3v) is 4.06. The van der Waals surface area contributed by atoms with Crippen LogP contribution in [-0.2, 0) is 23.6 Å². The van der Waals surface area contributed by atoms with Crippen molar-refractivity contribution in [2.45, 2.75) is 6.54 Å². The van der Waals surface area contributed by atoms with Crippen molar-refractivity contribution in [3.63, 3.8) is 0 Å². The maximum atomic E-state index is 11.8. The SMILES string of the molecule is Cn1ccc(CNS(=O)(=O)CCOc2ccccc2N)n1. The summed E-state index contributed by atoms with van der Waals surface area (Å²) >= 11 is 0. The zero-order valence-corrected chi connectivity index (χ0v) is 12.5. The predicted octanol–water partition coefficient (Wildman–Crippen LogP) is 0.501. The Morgan fingerprint density at radius 1 is 1.33 bits per heavy atom. The molecule has 0 bridgehead atoms. The number of aryl methyl sites for hydroxylation is 1. The van der Waals surface area contributed by atoms with E-state index < -0.39 is 10.0 Å². The van der Waals surface area contributed by atoms with Crippen molar-refractivity contribution >= 4 is 15.7 Å². The lowest BCUT2D eigenvalue weighted by molar-refractivity contribution is 0.342. The minimum Gasteiger partial charge on any atom is -0.490 e. The van der Waals surface area contributed by atoms with Crippen LogP contribution < -0.4 is 15.2 Å². The van der Waals surface area contributed by atoms with E-state index in [1.807, 2.05) is 0 Å². The number of benzene rings is 1. The highest BCUT2D eigenvalue weighted by atomic mass is 32.2. The Bertz CT molecular complexity index is 697. The van der Waals surface area contributed by atoms with Gasteiger partial charge in [-0.05, 0) is 18.2 Å². The standard InChI is InChI=1S/C13H18N4O3S/c1-17-7-6-11(16-17)10-15-21(18,19)9-8-20-13-5-3-2-4-12(13)14/h2-7,15H,8-10,14H2,1H3. The molecule has 0 radical (unpaired) electrons. The van der Waals surface area contributed by atoms with Crippen LogP contribution in [0.4, 0.5) is 5.69 Å². The summed E-state index contributed by atoms with van der Waals surface area (Å²) in [6, 6.07) is 8.71. The van der Waals surface area contributed by atoms with Crippen molar-refractivity contribution in [3.8, 4) is 5.75 Å². The Balaban J connectivity index is 1.80. The molecule has 0 saturated heterocycles. The van der Waals surface area contributed by atoms with Crippen molar-refractivity contribution in [2.24, 2.45) is 7.05 Å². The largest absolute Gasteiger partial charge is 0.490 e. The molecular weight excluding hydrogens is 292 g/mol. The van der Waals surface area contributed by atoms with Gasteiger partial charge in [0.25, 0.3) is 0 Å². The van der Waals surface area contributed by atoms with Gasteiger partial charge >= 0.3 is 0 Å². The molecule has 1 aromatic carbocycles. The van der Waals surface area contributed by atoms with Crippen LogP contribution in [0.3, 0.4) is 0 Å². The molecular formula is C13H18N4O3S. The number of para-hydroxylation sites is 2. The quantitative estimate of drug-likeness (QED) is 0.726. The van der Waals surface area contributed by atoms with Gasteiger partial charge in [-0.2, -0.15) is 5.10 Å². The minimum absolute atomic E-state index is 0.0335. The predicted molar refractivity (Wildman–Crippen MR) is 80.2 cm³/mol. The third-order valence-electron chi connectivity index (χ3n) is 2.77. The molecule has 21 heavy (non-hydrogen) atoms. The molecule has 1 aromatic heterocycles. The molecule has 0 atom stereocenters. The molecule has 2 aromatic rings. The number of hydrogen-bond acceptors (Lipinski definition) is 5. The van der Waals surface area contributed by atoms with E-state index in [0.29, 0.717) is 17.1 Å². The first kappa shape index (κ1) is 15.3. The number of nitrogens with one attached hydrogen (secondary N) is 1. The number of nitrogens with two attached hydrogens (primary N) is 1. The van der Waals surface area contributed by atoms with E-state index in [2.05, 4.69) is 9.82 Å². The third kappa shape index (κ3) is 4.76. The molecule has 0 aliphatic rings. The summed E-state index contributed by atoms with van der Waals surface area (Å²) in [5, 5.41) is 4.10. The van der Waals surface area contributed by atoms with Crippen molar-refractivity contribution < 1.29 is 13.2 Å². The van der Waals surface area contributed by atoms with Crippen LogP contribution in [0, 0.1) is 0 Å². The van der Waals surface area contributed by atoms with E-state index in [1.165, 1.54) is 0 Å². The topological polar surface area (TPSA) is 99.2 Å². The van der Waals surface area contributed by atoms with Gasteiger partial charge in [0.2, 0.25) is 10.0 Å². The van der Waals surface area contributed by atoms with E-state index >= 15 is 0 Å². The molecule has 0 fully saturated rings. The summed E-state index contributed by atoms with van der Waals surface area (Å²) in [5.74, 6) is 0.339. The van der Waals surface area contributed by atoms with Crippen LogP contribution in [0.5, 0.6) is 5.75 Å². The van der Waals surface area contributed by atoms with Gasteiger partial charge in [-0.15, -0.1) is 0 Å². The number of aromatic nitrogens is 2. The molecule has 1 heterocycles. The van der Waals surface area contributed by atoms with Gasteiger partial charge in [0.05, 0.1) is 23.7 Å². The normalized spacial score (nSPS) is 11.5. The Morgan fingerprint density at radius 3 is 2.76 bits per heavy atom. The first-order valence-corrected chi connectivity index (χ1v) is 8.05. The van der Waals surface area contributed by atoms with Gasteiger partial charge in [-0.25, -0.2) is 13.1 Å². The molecule has 0 amide bonds. The molecule has 0 spiro atoms. The maximum absolute atomic E-state index is 11.8. The summed E-state index contributed by atoms with van der Waals surface area (Å²) in [6.07, 6.45) is 1.75. The van der Waals surface area contributed by atoms with Gasteiger partial charge in [-0.1, -0.05) is 12.1 Å². The molecule has 114 valence electrons. The lowest BCUT2D eigenvalue weighted by Crippen LogP contribution is -2.28. The van der Waals surface area contributed by atoms with Gasteiger partial charge in [0.15, 0.2) is 0 Å². The Hall–Kier alpha value is -2.06. The lowest BCUT2D eigenvalue weighted by atomic mass is 10.3. The first-order chi connectivity index (χ1) is 9.96. The monoisotopic (exact) mass is 310 g/mol. The van der Waals surface area contributed by atoms with Gasteiger partial charge < -0.3 is 10.5 Å². The average molecular weight is 310 g/mol. The second kappa shape index (κ2) is 6.59. The minimum atomic E-state index is -3.42. The fourth-order valence-corrected chi connectivity index (χ4v) is 2.50. The summed E-state index contributed by atoms with van der Waals surface area (Å²) < 4.78 is 33.1. The number of sulfonamides is 1. The summed E-state index contributed by atoms with van der Waals surface area (Å²) in [5.41, 5.74) is 6.85. The summed E-state index contributed by atoms with van der Waals surface area (Å²) in [7, 11) is -1.64. The molecule has 2 rings (SSSR count). The van der Waals surface area contributed by atoms with E-state index in [1.54, 1.807) is 48.3 Å². The molecule has 0 aliphatic carbocycles. The van der Waals surface area contributed by atoms with Crippen LogP contribution in [0.25, 0.3) is 0 Å². The number of nitrogen functional groups attached to an aromatic ring is 1. The van der Waals surface area contributed by atoms with Gasteiger partial charge in [0, 0.05) is 13.2 Å². The fourth-order valence-electron chi connectivity index (χ4n) is 1.69. The summed E-state index contributed by atoms with van der Waals surface area (Å²) in [4.78, 5) is 0. The second-order valence-corrected chi connectivity index (χ2v) is 6.43. The molecule has 8 heteroatoms. The van der Waals surface area contributed by atoms with Gasteiger partial charge in [0.1, 0.15) is 12.4 Å². The van der Waals surface area contributed by atoms with Crippen LogP contribution in [0.1, 0.15) is 5.69 Å². The van der Waals surface area contributed by atoms with Crippen molar-refractivity contribution in [1.29, 1.82) is 0 Å². The number of anilines is 1. The average Bonchev–Trinajstić information content (AvgIpc) is 2.85.